The second-order valence-corrected chi connectivity index (χ2v) is 16.5. The van der Waals surface area contributed by atoms with E-state index in [0.29, 0.717) is 0 Å². The van der Waals surface area contributed by atoms with E-state index in [9.17, 15) is 0 Å². The molecule has 59 heavy (non-hydrogen) atoms. The summed E-state index contributed by atoms with van der Waals surface area (Å²) in [6.07, 6.45) is 0. The monoisotopic (exact) mass is 755 g/mol. The molecule has 0 amide bonds. The Hall–Kier alpha value is -7.63. The Labute approximate surface area is 340 Å². The molecule has 0 saturated carbocycles. The molecular formula is C54H37N5. The summed E-state index contributed by atoms with van der Waals surface area (Å²) in [5.74, 6) is 0.893. The van der Waals surface area contributed by atoms with Crippen LogP contribution < -0.4 is 0 Å². The molecule has 0 saturated heterocycles. The Kier molecular flexibility index (Phi) is 6.44. The van der Waals surface area contributed by atoms with Gasteiger partial charge in [0.2, 0.25) is 5.78 Å². The number of hydrogen-bond donors (Lipinski definition) is 0. The lowest BCUT2D eigenvalue weighted by Crippen LogP contribution is -2.14. The first-order valence-electron chi connectivity index (χ1n) is 20.4. The van der Waals surface area contributed by atoms with Gasteiger partial charge in [0.05, 0.1) is 27.6 Å². The maximum absolute atomic E-state index is 5.49. The molecule has 5 heteroatoms. The van der Waals surface area contributed by atoms with Gasteiger partial charge in [0.15, 0.2) is 5.65 Å². The lowest BCUT2D eigenvalue weighted by atomic mass is 9.81. The van der Waals surface area contributed by atoms with Crippen LogP contribution in [-0.4, -0.2) is 23.1 Å². The molecule has 13 rings (SSSR count). The van der Waals surface area contributed by atoms with Crippen LogP contribution in [0.4, 0.5) is 0 Å². The van der Waals surface area contributed by atoms with Gasteiger partial charge in [-0.05, 0) is 106 Å². The zero-order valence-corrected chi connectivity index (χ0v) is 32.6. The Morgan fingerprint density at radius 2 is 0.983 bits per heavy atom. The minimum Gasteiger partial charge on any atom is -0.309 e. The van der Waals surface area contributed by atoms with E-state index in [1.165, 1.54) is 60.6 Å². The zero-order valence-electron chi connectivity index (χ0n) is 32.6. The van der Waals surface area contributed by atoms with E-state index < -0.39 is 0 Å². The second-order valence-electron chi connectivity index (χ2n) is 16.5. The van der Waals surface area contributed by atoms with Gasteiger partial charge in [-0.1, -0.05) is 129 Å². The van der Waals surface area contributed by atoms with Crippen molar-refractivity contribution in [3.05, 3.63) is 199 Å². The van der Waals surface area contributed by atoms with Crippen LogP contribution in [0.2, 0.25) is 0 Å². The number of benzene rings is 8. The minimum atomic E-state index is -0.0337. The van der Waals surface area contributed by atoms with E-state index in [1.807, 2.05) is 0 Å². The molecule has 12 aromatic rings. The first-order chi connectivity index (χ1) is 29.0. The van der Waals surface area contributed by atoms with Crippen LogP contribution in [0, 0.1) is 0 Å². The molecule has 4 heterocycles. The smallest absolute Gasteiger partial charge is 0.222 e. The molecular weight excluding hydrogens is 719 g/mol. The average molecular weight is 756 g/mol. The molecule has 278 valence electrons. The summed E-state index contributed by atoms with van der Waals surface area (Å²) in [5.41, 5.74) is 19.0. The summed E-state index contributed by atoms with van der Waals surface area (Å²) in [6.45, 7) is 4.69. The third-order valence-electron chi connectivity index (χ3n) is 13.0. The third kappa shape index (κ3) is 4.36. The number of aromatic nitrogens is 5. The SMILES string of the molecule is CC1(C)c2ccccc2-c2ccc(-c3ccc(-n4c5ccccc5c5cc(-n6c7ccccc7n7c8c9ccccc9n(-c9ccccc9)c8nc67)ccc54)cc3)cc21. The van der Waals surface area contributed by atoms with E-state index in [4.69, 9.17) is 4.98 Å². The van der Waals surface area contributed by atoms with Gasteiger partial charge in [0.25, 0.3) is 0 Å². The Bertz CT molecular complexity index is 3680. The van der Waals surface area contributed by atoms with Crippen LogP contribution >= 0.6 is 0 Å². The maximum Gasteiger partial charge on any atom is 0.222 e. The van der Waals surface area contributed by atoms with Crippen molar-refractivity contribution in [1.82, 2.24) is 23.1 Å². The number of nitrogens with zero attached hydrogens (tertiary/aromatic N) is 5. The topological polar surface area (TPSA) is 32.1 Å². The van der Waals surface area contributed by atoms with Gasteiger partial charge < -0.3 is 4.57 Å². The summed E-state index contributed by atoms with van der Waals surface area (Å²) in [5, 5.41) is 3.60. The van der Waals surface area contributed by atoms with Gasteiger partial charge in [-0.15, -0.1) is 0 Å². The average Bonchev–Trinajstić information content (AvgIpc) is 4.05. The fraction of sp³-hybridized carbons (Fsp3) is 0.0556. The normalized spacial score (nSPS) is 13.4. The number of fused-ring (bicyclic) bond motifs is 13. The molecule has 0 N–H and O–H groups in total. The molecule has 0 unspecified atom stereocenters. The van der Waals surface area contributed by atoms with Crippen molar-refractivity contribution in [2.24, 2.45) is 0 Å². The highest BCUT2D eigenvalue weighted by Gasteiger charge is 2.35. The summed E-state index contributed by atoms with van der Waals surface area (Å²) in [4.78, 5) is 5.49. The van der Waals surface area contributed by atoms with Gasteiger partial charge in [-0.3, -0.25) is 13.5 Å². The molecule has 0 radical (unpaired) electrons. The van der Waals surface area contributed by atoms with Crippen molar-refractivity contribution in [3.8, 4) is 39.3 Å². The van der Waals surface area contributed by atoms with Crippen molar-refractivity contribution in [2.75, 3.05) is 0 Å². The maximum atomic E-state index is 5.49. The minimum absolute atomic E-state index is 0.0337. The van der Waals surface area contributed by atoms with E-state index >= 15 is 0 Å². The van der Waals surface area contributed by atoms with Gasteiger partial charge in [0.1, 0.15) is 5.52 Å². The third-order valence-corrected chi connectivity index (χ3v) is 13.0. The highest BCUT2D eigenvalue weighted by molar-refractivity contribution is 6.11. The lowest BCUT2D eigenvalue weighted by Gasteiger charge is -2.22. The molecule has 4 aromatic heterocycles. The number of para-hydroxylation sites is 5. The van der Waals surface area contributed by atoms with Crippen LogP contribution in [0.5, 0.6) is 0 Å². The lowest BCUT2D eigenvalue weighted by molar-refractivity contribution is 0.660. The number of hydrogen-bond acceptors (Lipinski definition) is 1. The first kappa shape index (κ1) is 32.5. The van der Waals surface area contributed by atoms with Crippen LogP contribution in [0.1, 0.15) is 25.0 Å². The van der Waals surface area contributed by atoms with E-state index in [1.54, 1.807) is 0 Å². The molecule has 0 atom stereocenters. The number of rotatable bonds is 4. The highest BCUT2D eigenvalue weighted by Crippen LogP contribution is 2.49. The van der Waals surface area contributed by atoms with Crippen LogP contribution in [0.3, 0.4) is 0 Å². The van der Waals surface area contributed by atoms with Crippen molar-refractivity contribution in [2.45, 2.75) is 19.3 Å². The Morgan fingerprint density at radius 3 is 1.80 bits per heavy atom. The van der Waals surface area contributed by atoms with Gasteiger partial charge in [0, 0.05) is 38.6 Å². The predicted molar refractivity (Wildman–Crippen MR) is 244 cm³/mol. The molecule has 1 aliphatic carbocycles. The molecule has 0 aliphatic heterocycles. The molecule has 1 aliphatic rings. The quantitative estimate of drug-likeness (QED) is 0.176. The fourth-order valence-electron chi connectivity index (χ4n) is 10.3. The zero-order chi connectivity index (χ0) is 39.0. The summed E-state index contributed by atoms with van der Waals surface area (Å²) in [6, 6.07) is 68.5. The molecule has 5 nitrogen and oxygen atoms in total. The van der Waals surface area contributed by atoms with Crippen molar-refractivity contribution in [1.29, 1.82) is 0 Å². The fourth-order valence-corrected chi connectivity index (χ4v) is 10.3. The van der Waals surface area contributed by atoms with Gasteiger partial charge in [-0.25, -0.2) is 0 Å². The summed E-state index contributed by atoms with van der Waals surface area (Å²) < 4.78 is 9.38. The van der Waals surface area contributed by atoms with Crippen molar-refractivity contribution >= 4 is 60.7 Å². The largest absolute Gasteiger partial charge is 0.309 e. The summed E-state index contributed by atoms with van der Waals surface area (Å²) in [7, 11) is 0. The Morgan fingerprint density at radius 1 is 0.390 bits per heavy atom. The van der Waals surface area contributed by atoms with E-state index in [0.717, 1.165) is 50.6 Å². The molecule has 0 bridgehead atoms. The number of imidazole rings is 2. The van der Waals surface area contributed by atoms with E-state index in [2.05, 4.69) is 220 Å². The van der Waals surface area contributed by atoms with Crippen molar-refractivity contribution < 1.29 is 0 Å². The summed E-state index contributed by atoms with van der Waals surface area (Å²) >= 11 is 0. The first-order valence-corrected chi connectivity index (χ1v) is 20.4. The second kappa shape index (κ2) is 11.7. The highest BCUT2D eigenvalue weighted by atomic mass is 15.2. The van der Waals surface area contributed by atoms with Crippen molar-refractivity contribution in [3.63, 3.8) is 0 Å². The molecule has 8 aromatic carbocycles. The van der Waals surface area contributed by atoms with Crippen LogP contribution in [0.15, 0.2) is 188 Å². The van der Waals surface area contributed by atoms with Crippen LogP contribution in [-0.2, 0) is 5.41 Å². The standard InChI is InChI=1S/C54H37N5/c1-54(2)44-19-9-6-16-39(44)40-30-26-35(32-45(40)54)34-24-27-37(28-25-34)56-46-20-10-7-17-41(46)43-33-38(29-31-48(43)56)58-49-22-12-13-23-50(49)59-51-42-18-8-11-21-47(42)57(52(51)55-53(58)59)36-14-4-3-5-15-36/h3-33H,1-2H3. The van der Waals surface area contributed by atoms with E-state index in [-0.39, 0.29) is 5.41 Å². The molecule has 0 spiro atoms. The Balaban J connectivity index is 0.970. The predicted octanol–water partition coefficient (Wildman–Crippen LogP) is 13.4. The van der Waals surface area contributed by atoms with Crippen LogP contribution in [0.25, 0.3) is 100.0 Å². The molecule has 0 fully saturated rings. The van der Waals surface area contributed by atoms with Gasteiger partial charge >= 0.3 is 0 Å². The van der Waals surface area contributed by atoms with Gasteiger partial charge in [-0.2, -0.15) is 4.98 Å².